The fourth-order valence-electron chi connectivity index (χ4n) is 1.93. The number of rotatable bonds is 4. The van der Waals surface area contributed by atoms with E-state index in [0.717, 1.165) is 17.7 Å². The van der Waals surface area contributed by atoms with Crippen molar-refractivity contribution in [3.05, 3.63) is 65.5 Å². The third kappa shape index (κ3) is 3.55. The molecule has 20 heavy (non-hydrogen) atoms. The van der Waals surface area contributed by atoms with Gasteiger partial charge >= 0.3 is 6.18 Å². The molecule has 3 N–H and O–H groups in total. The van der Waals surface area contributed by atoms with Crippen LogP contribution in [0.25, 0.3) is 0 Å². The Morgan fingerprint density at radius 1 is 1.15 bits per heavy atom. The van der Waals surface area contributed by atoms with Crippen molar-refractivity contribution in [3.8, 4) is 0 Å². The standard InChI is InChI=1S/C14H14F3N3/c15-14(16,17)12-5-3-11(4-6-12)13(20-18)8-10-2-1-7-19-9-10/h1-7,9,13,20H,8,18H2. The van der Waals surface area contributed by atoms with E-state index in [1.54, 1.807) is 18.5 Å². The van der Waals surface area contributed by atoms with Crippen LogP contribution in [0, 0.1) is 0 Å². The molecule has 0 amide bonds. The van der Waals surface area contributed by atoms with Gasteiger partial charge in [-0.2, -0.15) is 13.2 Å². The number of aromatic nitrogens is 1. The summed E-state index contributed by atoms with van der Waals surface area (Å²) >= 11 is 0. The number of hydrogen-bond donors (Lipinski definition) is 2. The van der Waals surface area contributed by atoms with E-state index in [4.69, 9.17) is 5.84 Å². The lowest BCUT2D eigenvalue weighted by Crippen LogP contribution is -2.29. The maximum atomic E-state index is 12.5. The summed E-state index contributed by atoms with van der Waals surface area (Å²) in [7, 11) is 0. The van der Waals surface area contributed by atoms with Crippen LogP contribution in [-0.2, 0) is 12.6 Å². The molecule has 0 bridgehead atoms. The minimum absolute atomic E-state index is 0.263. The van der Waals surface area contributed by atoms with Crippen molar-refractivity contribution in [1.29, 1.82) is 0 Å². The summed E-state index contributed by atoms with van der Waals surface area (Å²) in [6, 6.07) is 8.41. The molecule has 0 aliphatic heterocycles. The van der Waals surface area contributed by atoms with Gasteiger partial charge in [-0.1, -0.05) is 18.2 Å². The number of hydrazine groups is 1. The normalized spacial score (nSPS) is 13.2. The molecule has 106 valence electrons. The molecule has 1 aromatic heterocycles. The van der Waals surface area contributed by atoms with E-state index in [9.17, 15) is 13.2 Å². The zero-order chi connectivity index (χ0) is 14.6. The zero-order valence-corrected chi connectivity index (χ0v) is 10.6. The highest BCUT2D eigenvalue weighted by Crippen LogP contribution is 2.30. The summed E-state index contributed by atoms with van der Waals surface area (Å²) in [4.78, 5) is 3.99. The Balaban J connectivity index is 2.16. The predicted molar refractivity (Wildman–Crippen MR) is 69.4 cm³/mol. The molecule has 0 radical (unpaired) electrons. The first-order valence-electron chi connectivity index (χ1n) is 6.03. The number of alkyl halides is 3. The lowest BCUT2D eigenvalue weighted by Gasteiger charge is -2.17. The quantitative estimate of drug-likeness (QED) is 0.669. The van der Waals surface area contributed by atoms with Crippen LogP contribution in [0.15, 0.2) is 48.8 Å². The minimum Gasteiger partial charge on any atom is -0.271 e. The van der Waals surface area contributed by atoms with E-state index in [2.05, 4.69) is 10.4 Å². The molecule has 0 aliphatic rings. The zero-order valence-electron chi connectivity index (χ0n) is 10.6. The van der Waals surface area contributed by atoms with Gasteiger partial charge < -0.3 is 0 Å². The molecule has 0 saturated heterocycles. The lowest BCUT2D eigenvalue weighted by atomic mass is 9.99. The van der Waals surface area contributed by atoms with Crippen molar-refractivity contribution in [3.63, 3.8) is 0 Å². The number of hydrogen-bond acceptors (Lipinski definition) is 3. The molecule has 1 unspecified atom stereocenters. The number of benzene rings is 1. The summed E-state index contributed by atoms with van der Waals surface area (Å²) in [6.45, 7) is 0. The van der Waals surface area contributed by atoms with Crippen LogP contribution in [0.3, 0.4) is 0 Å². The van der Waals surface area contributed by atoms with Crippen LogP contribution in [0.1, 0.15) is 22.7 Å². The van der Waals surface area contributed by atoms with Gasteiger partial charge in [-0.15, -0.1) is 0 Å². The monoisotopic (exact) mass is 281 g/mol. The van der Waals surface area contributed by atoms with Crippen LogP contribution >= 0.6 is 0 Å². The van der Waals surface area contributed by atoms with Crippen molar-refractivity contribution in [2.24, 2.45) is 5.84 Å². The van der Waals surface area contributed by atoms with Gasteiger partial charge in [-0.3, -0.25) is 16.3 Å². The highest BCUT2D eigenvalue weighted by Gasteiger charge is 2.30. The summed E-state index contributed by atoms with van der Waals surface area (Å²) in [6.07, 6.45) is -0.413. The Bertz CT molecular complexity index is 538. The lowest BCUT2D eigenvalue weighted by molar-refractivity contribution is -0.137. The number of nitrogens with one attached hydrogen (secondary N) is 1. The van der Waals surface area contributed by atoms with Gasteiger partial charge in [0.2, 0.25) is 0 Å². The second-order valence-electron chi connectivity index (χ2n) is 4.40. The first-order valence-corrected chi connectivity index (χ1v) is 6.03. The molecule has 1 heterocycles. The molecular weight excluding hydrogens is 267 g/mol. The molecule has 6 heteroatoms. The Morgan fingerprint density at radius 2 is 1.85 bits per heavy atom. The first-order chi connectivity index (χ1) is 9.50. The molecule has 0 aliphatic carbocycles. The SMILES string of the molecule is NNC(Cc1cccnc1)c1ccc(C(F)(F)F)cc1. The largest absolute Gasteiger partial charge is 0.416 e. The van der Waals surface area contributed by atoms with E-state index in [1.807, 2.05) is 6.07 Å². The predicted octanol–water partition coefficient (Wildman–Crippen LogP) is 2.85. The van der Waals surface area contributed by atoms with Crippen molar-refractivity contribution in [2.45, 2.75) is 18.6 Å². The van der Waals surface area contributed by atoms with Gasteiger partial charge in [0.1, 0.15) is 0 Å². The molecule has 1 aromatic carbocycles. The molecular formula is C14H14F3N3. The minimum atomic E-state index is -4.33. The van der Waals surface area contributed by atoms with Gasteiger partial charge in [0.05, 0.1) is 11.6 Å². The van der Waals surface area contributed by atoms with Gasteiger partial charge in [-0.05, 0) is 35.7 Å². The van der Waals surface area contributed by atoms with E-state index in [-0.39, 0.29) is 6.04 Å². The summed E-state index contributed by atoms with van der Waals surface area (Å²) in [5.74, 6) is 5.48. The van der Waals surface area contributed by atoms with Crippen molar-refractivity contribution >= 4 is 0 Å². The van der Waals surface area contributed by atoms with Gasteiger partial charge in [0, 0.05) is 12.4 Å². The van der Waals surface area contributed by atoms with Crippen molar-refractivity contribution in [1.82, 2.24) is 10.4 Å². The number of pyridine rings is 1. The van der Waals surface area contributed by atoms with Gasteiger partial charge in [-0.25, -0.2) is 0 Å². The molecule has 0 fully saturated rings. The van der Waals surface area contributed by atoms with Crippen LogP contribution in [-0.4, -0.2) is 4.98 Å². The molecule has 0 spiro atoms. The van der Waals surface area contributed by atoms with E-state index >= 15 is 0 Å². The van der Waals surface area contributed by atoms with Crippen LogP contribution in [0.2, 0.25) is 0 Å². The second kappa shape index (κ2) is 6.02. The number of nitrogens with two attached hydrogens (primary N) is 1. The van der Waals surface area contributed by atoms with Crippen LogP contribution < -0.4 is 11.3 Å². The third-order valence-corrected chi connectivity index (χ3v) is 3.00. The van der Waals surface area contributed by atoms with Gasteiger partial charge in [0.15, 0.2) is 0 Å². The maximum Gasteiger partial charge on any atom is 0.416 e. The molecule has 0 saturated carbocycles. The van der Waals surface area contributed by atoms with Crippen molar-refractivity contribution < 1.29 is 13.2 Å². The average molecular weight is 281 g/mol. The molecule has 1 atom stereocenters. The first kappa shape index (κ1) is 14.5. The van der Waals surface area contributed by atoms with E-state index in [0.29, 0.717) is 12.0 Å². The number of nitrogens with zero attached hydrogens (tertiary/aromatic N) is 1. The Hall–Kier alpha value is -1.92. The second-order valence-corrected chi connectivity index (χ2v) is 4.40. The summed E-state index contributed by atoms with van der Waals surface area (Å²) < 4.78 is 37.5. The highest BCUT2D eigenvalue weighted by atomic mass is 19.4. The van der Waals surface area contributed by atoms with Crippen LogP contribution in [0.5, 0.6) is 0 Å². The number of halogens is 3. The smallest absolute Gasteiger partial charge is 0.271 e. The third-order valence-electron chi connectivity index (χ3n) is 3.00. The molecule has 2 rings (SSSR count). The van der Waals surface area contributed by atoms with Crippen LogP contribution in [0.4, 0.5) is 13.2 Å². The van der Waals surface area contributed by atoms with Gasteiger partial charge in [0.25, 0.3) is 0 Å². The fraction of sp³-hybridized carbons (Fsp3) is 0.214. The fourth-order valence-corrected chi connectivity index (χ4v) is 1.93. The van der Waals surface area contributed by atoms with Crippen molar-refractivity contribution in [2.75, 3.05) is 0 Å². The maximum absolute atomic E-state index is 12.5. The van der Waals surface area contributed by atoms with E-state index in [1.165, 1.54) is 12.1 Å². The van der Waals surface area contributed by atoms with E-state index < -0.39 is 11.7 Å². The topological polar surface area (TPSA) is 50.9 Å². The average Bonchev–Trinajstić information content (AvgIpc) is 2.45. The summed E-state index contributed by atoms with van der Waals surface area (Å²) in [5, 5.41) is 0. The Kier molecular flexibility index (Phi) is 4.36. The summed E-state index contributed by atoms with van der Waals surface area (Å²) in [5.41, 5.74) is 3.60. The highest BCUT2D eigenvalue weighted by molar-refractivity contribution is 5.28. The Labute approximate surface area is 114 Å². The molecule has 3 nitrogen and oxygen atoms in total. The molecule has 2 aromatic rings. The Morgan fingerprint density at radius 3 is 2.35 bits per heavy atom.